The highest BCUT2D eigenvalue weighted by Crippen LogP contribution is 2.60. The van der Waals surface area contributed by atoms with E-state index >= 15 is 0 Å². The van der Waals surface area contributed by atoms with Crippen molar-refractivity contribution in [3.63, 3.8) is 0 Å². The first-order valence-corrected chi connectivity index (χ1v) is 19.4. The Kier molecular flexibility index (Phi) is 7.07. The number of hydrogen-bond acceptors (Lipinski definition) is 3. The molecule has 12 rings (SSSR count). The van der Waals surface area contributed by atoms with Crippen LogP contribution < -0.4 is 0 Å². The molecule has 0 aliphatic heterocycles. The molecule has 0 N–H and O–H groups in total. The third kappa shape index (κ3) is 5.30. The number of aromatic nitrogens is 3. The van der Waals surface area contributed by atoms with Crippen molar-refractivity contribution in [2.75, 3.05) is 0 Å². The first-order chi connectivity index (χ1) is 26.6. The van der Waals surface area contributed by atoms with Gasteiger partial charge in [-0.15, -0.1) is 0 Å². The maximum absolute atomic E-state index is 7.58. The molecule has 54 heavy (non-hydrogen) atoms. The summed E-state index contributed by atoms with van der Waals surface area (Å²) in [6, 6.07) is 49.5. The lowest BCUT2D eigenvalue weighted by Gasteiger charge is -2.57. The summed E-state index contributed by atoms with van der Waals surface area (Å²) in [7, 11) is 0. The fraction of sp³-hybridized carbons (Fsp3) is 0.200. The van der Waals surface area contributed by atoms with E-state index in [4.69, 9.17) is 21.5 Å². The van der Waals surface area contributed by atoms with Gasteiger partial charge < -0.3 is 0 Å². The molecule has 7 aromatic carbocycles. The van der Waals surface area contributed by atoms with Crippen molar-refractivity contribution >= 4 is 38.0 Å². The molecular formula is C50H38N4. The van der Waals surface area contributed by atoms with Gasteiger partial charge in [-0.3, -0.25) is 0 Å². The van der Waals surface area contributed by atoms with Gasteiger partial charge in [0.15, 0.2) is 23.2 Å². The zero-order valence-corrected chi connectivity index (χ0v) is 30.0. The van der Waals surface area contributed by atoms with Crippen molar-refractivity contribution in [3.8, 4) is 45.3 Å². The Morgan fingerprint density at radius 2 is 0.926 bits per heavy atom. The lowest BCUT2D eigenvalue weighted by atomic mass is 9.48. The number of nitrogens with zero attached hydrogens (tertiary/aromatic N) is 4. The molecule has 0 unspecified atom stereocenters. The molecule has 0 spiro atoms. The van der Waals surface area contributed by atoms with E-state index in [1.807, 2.05) is 48.5 Å². The maximum atomic E-state index is 7.58. The molecule has 4 heteroatoms. The van der Waals surface area contributed by atoms with Crippen molar-refractivity contribution in [2.24, 2.45) is 17.8 Å². The van der Waals surface area contributed by atoms with Crippen LogP contribution in [0.5, 0.6) is 0 Å². The Labute approximate surface area is 315 Å². The second-order valence-corrected chi connectivity index (χ2v) is 16.2. The van der Waals surface area contributed by atoms with E-state index in [0.717, 1.165) is 61.4 Å². The molecule has 1 heterocycles. The van der Waals surface area contributed by atoms with Crippen LogP contribution in [0, 0.1) is 24.3 Å². The zero-order chi connectivity index (χ0) is 35.8. The van der Waals surface area contributed by atoms with Crippen LogP contribution in [0.1, 0.15) is 44.1 Å². The summed E-state index contributed by atoms with van der Waals surface area (Å²) in [5.74, 6) is 4.75. The largest absolute Gasteiger partial charge is 0.238 e. The van der Waals surface area contributed by atoms with E-state index in [1.165, 1.54) is 55.0 Å². The van der Waals surface area contributed by atoms with E-state index in [0.29, 0.717) is 28.6 Å². The smallest absolute Gasteiger partial charge is 0.187 e. The number of benzene rings is 7. The molecule has 0 saturated heterocycles. The van der Waals surface area contributed by atoms with E-state index < -0.39 is 0 Å². The summed E-state index contributed by atoms with van der Waals surface area (Å²) in [6.07, 6.45) is 8.64. The molecule has 258 valence electrons. The van der Waals surface area contributed by atoms with Crippen molar-refractivity contribution in [3.05, 3.63) is 157 Å². The van der Waals surface area contributed by atoms with Crippen molar-refractivity contribution in [1.82, 2.24) is 15.0 Å². The third-order valence-electron chi connectivity index (χ3n) is 12.8. The Morgan fingerprint density at radius 3 is 1.56 bits per heavy atom. The Hall–Kier alpha value is -6.18. The van der Waals surface area contributed by atoms with Crippen molar-refractivity contribution < 1.29 is 0 Å². The number of hydrogen-bond donors (Lipinski definition) is 0. The molecule has 4 fully saturated rings. The van der Waals surface area contributed by atoms with Gasteiger partial charge >= 0.3 is 0 Å². The van der Waals surface area contributed by atoms with Crippen LogP contribution in [0.15, 0.2) is 140 Å². The standard InChI is InChI=1S/C50H38N4/c1-51-44-20-17-36-8-7-35-9-13-42(26-45(35)46(36)27-44)49-53-47(37-5-3-2-4-6-37)52-48(54-49)41-14-12-39-24-38(10-11-40(39)25-41)34-15-18-43(19-16-34)50-28-31-21-32(29-50)23-33(22-31)30-50/h2-20,24-27,31-33H,21-23,28-30H2. The normalized spacial score (nSPS) is 21.5. The van der Waals surface area contributed by atoms with E-state index in [9.17, 15) is 0 Å². The SMILES string of the molecule is [C-]#[N+]c1ccc2ccc3ccc(-c4nc(-c5ccccc5)nc(-c5ccc6cc(-c7ccc(C89CC%10CC(CC(C%10)C8)C9)cc7)ccc6c5)n4)cc3c2c1. The van der Waals surface area contributed by atoms with Gasteiger partial charge in [0.25, 0.3) is 0 Å². The van der Waals surface area contributed by atoms with Gasteiger partial charge in [-0.1, -0.05) is 115 Å². The van der Waals surface area contributed by atoms with E-state index in [1.54, 1.807) is 5.56 Å². The van der Waals surface area contributed by atoms with Gasteiger partial charge in [-0.05, 0) is 135 Å². The molecule has 8 aromatic rings. The molecule has 0 amide bonds. The molecule has 4 nitrogen and oxygen atoms in total. The van der Waals surface area contributed by atoms with Gasteiger partial charge in [0.1, 0.15) is 0 Å². The molecule has 4 aliphatic carbocycles. The molecule has 0 atom stereocenters. The topological polar surface area (TPSA) is 43.0 Å². The van der Waals surface area contributed by atoms with Crippen LogP contribution in [0.4, 0.5) is 5.69 Å². The summed E-state index contributed by atoms with van der Waals surface area (Å²) in [6.45, 7) is 7.58. The third-order valence-corrected chi connectivity index (χ3v) is 12.8. The maximum Gasteiger partial charge on any atom is 0.187 e. The summed E-state index contributed by atoms with van der Waals surface area (Å²) >= 11 is 0. The van der Waals surface area contributed by atoms with Crippen molar-refractivity contribution in [1.29, 1.82) is 0 Å². The average molecular weight is 695 g/mol. The first-order valence-electron chi connectivity index (χ1n) is 19.4. The molecular weight excluding hydrogens is 657 g/mol. The lowest BCUT2D eigenvalue weighted by molar-refractivity contribution is -0.00518. The summed E-state index contributed by atoms with van der Waals surface area (Å²) < 4.78 is 0. The minimum atomic E-state index is 0.425. The summed E-state index contributed by atoms with van der Waals surface area (Å²) in [5, 5.41) is 6.67. The highest BCUT2D eigenvalue weighted by atomic mass is 15.0. The highest BCUT2D eigenvalue weighted by Gasteiger charge is 2.51. The van der Waals surface area contributed by atoms with Gasteiger partial charge in [0.2, 0.25) is 0 Å². The number of rotatable bonds is 5. The Bertz CT molecular complexity index is 2780. The monoisotopic (exact) mass is 694 g/mol. The average Bonchev–Trinajstić information content (AvgIpc) is 3.22. The van der Waals surface area contributed by atoms with Crippen LogP contribution >= 0.6 is 0 Å². The fourth-order valence-electron chi connectivity index (χ4n) is 10.6. The van der Waals surface area contributed by atoms with E-state index in [2.05, 4.69) is 95.8 Å². The second-order valence-electron chi connectivity index (χ2n) is 16.2. The van der Waals surface area contributed by atoms with Crippen LogP contribution in [-0.4, -0.2) is 15.0 Å². The molecule has 1 aromatic heterocycles. The van der Waals surface area contributed by atoms with Gasteiger partial charge in [0, 0.05) is 16.7 Å². The number of fused-ring (bicyclic) bond motifs is 4. The predicted molar refractivity (Wildman–Crippen MR) is 220 cm³/mol. The predicted octanol–water partition coefficient (Wildman–Crippen LogP) is 13.0. The Balaban J connectivity index is 0.954. The second kappa shape index (κ2) is 12.2. The first kappa shape index (κ1) is 31.4. The minimum Gasteiger partial charge on any atom is -0.238 e. The fourth-order valence-corrected chi connectivity index (χ4v) is 10.6. The summed E-state index contributed by atoms with van der Waals surface area (Å²) in [4.78, 5) is 18.8. The molecule has 4 saturated carbocycles. The van der Waals surface area contributed by atoms with E-state index in [-0.39, 0.29) is 0 Å². The highest BCUT2D eigenvalue weighted by molar-refractivity contribution is 6.09. The zero-order valence-electron chi connectivity index (χ0n) is 30.0. The lowest BCUT2D eigenvalue weighted by Crippen LogP contribution is -2.48. The van der Waals surface area contributed by atoms with Crippen LogP contribution in [0.2, 0.25) is 0 Å². The van der Waals surface area contributed by atoms with Crippen molar-refractivity contribution in [2.45, 2.75) is 43.9 Å². The molecule has 0 radical (unpaired) electrons. The van der Waals surface area contributed by atoms with Crippen LogP contribution in [-0.2, 0) is 5.41 Å². The van der Waals surface area contributed by atoms with Gasteiger partial charge in [-0.2, -0.15) is 0 Å². The molecule has 4 bridgehead atoms. The van der Waals surface area contributed by atoms with Gasteiger partial charge in [-0.25, -0.2) is 19.8 Å². The van der Waals surface area contributed by atoms with Gasteiger partial charge in [0.05, 0.1) is 6.57 Å². The van der Waals surface area contributed by atoms with Crippen LogP contribution in [0.3, 0.4) is 0 Å². The quantitative estimate of drug-likeness (QED) is 0.133. The minimum absolute atomic E-state index is 0.425. The molecule has 4 aliphatic rings. The summed E-state index contributed by atoms with van der Waals surface area (Å²) in [5.41, 5.74) is 7.94. The Morgan fingerprint density at radius 1 is 0.444 bits per heavy atom. The van der Waals surface area contributed by atoms with Crippen LogP contribution in [0.25, 0.3) is 82.5 Å².